The van der Waals surface area contributed by atoms with Gasteiger partial charge in [0.25, 0.3) is 0 Å². The molecular formula is C25H26N2O6S. The highest BCUT2D eigenvalue weighted by Crippen LogP contribution is 2.42. The Labute approximate surface area is 201 Å². The molecule has 1 aromatic heterocycles. The number of aromatic hydroxyl groups is 1. The van der Waals surface area contributed by atoms with E-state index in [1.807, 2.05) is 38.1 Å². The number of esters is 1. The predicted octanol–water partition coefficient (Wildman–Crippen LogP) is 4.91. The lowest BCUT2D eigenvalue weighted by molar-refractivity contribution is -0.116. The van der Waals surface area contributed by atoms with Crippen LogP contribution in [0.2, 0.25) is 0 Å². The fourth-order valence-corrected chi connectivity index (χ4v) is 4.89. The molecule has 0 atom stereocenters. The second-order valence-corrected chi connectivity index (χ2v) is 9.10. The van der Waals surface area contributed by atoms with Crippen LogP contribution in [0.1, 0.15) is 46.8 Å². The van der Waals surface area contributed by atoms with Crippen LogP contribution in [0.5, 0.6) is 17.2 Å². The number of hydrogen-bond acceptors (Lipinski definition) is 8. The fourth-order valence-electron chi connectivity index (χ4n) is 3.98. The summed E-state index contributed by atoms with van der Waals surface area (Å²) in [4.78, 5) is 28.9. The number of rotatable bonds is 8. The third-order valence-corrected chi connectivity index (χ3v) is 6.82. The van der Waals surface area contributed by atoms with Crippen LogP contribution in [0.3, 0.4) is 0 Å². The molecule has 0 bridgehead atoms. The second kappa shape index (κ2) is 9.72. The molecule has 2 N–H and O–H groups in total. The van der Waals surface area contributed by atoms with Gasteiger partial charge in [0.15, 0.2) is 5.13 Å². The molecule has 0 saturated heterocycles. The number of nitrogens with zero attached hydrogens (tertiary/aromatic N) is 1. The predicted molar refractivity (Wildman–Crippen MR) is 130 cm³/mol. The van der Waals surface area contributed by atoms with Crippen LogP contribution in [-0.4, -0.2) is 36.2 Å². The van der Waals surface area contributed by atoms with Crippen LogP contribution in [0.15, 0.2) is 29.8 Å². The number of carbonyl (C=O) groups excluding carboxylic acids is 2. The van der Waals surface area contributed by atoms with Gasteiger partial charge in [0.05, 0.1) is 24.4 Å². The minimum atomic E-state index is -0.523. The van der Waals surface area contributed by atoms with Gasteiger partial charge in [0, 0.05) is 17.5 Å². The smallest absolute Gasteiger partial charge is 0.342 e. The normalized spacial score (nSPS) is 13.1. The summed E-state index contributed by atoms with van der Waals surface area (Å²) in [5.41, 5.74) is 3.98. The minimum absolute atomic E-state index is 0.103. The number of phenols is 1. The minimum Gasteiger partial charge on any atom is -0.507 e. The molecular weight excluding hydrogens is 456 g/mol. The molecule has 0 spiro atoms. The van der Waals surface area contributed by atoms with E-state index in [-0.39, 0.29) is 23.8 Å². The average molecular weight is 483 g/mol. The molecule has 0 aliphatic carbocycles. The summed E-state index contributed by atoms with van der Waals surface area (Å²) in [6.45, 7) is 3.91. The molecule has 1 aliphatic heterocycles. The summed E-state index contributed by atoms with van der Waals surface area (Å²) in [6.07, 6.45) is 3.13. The molecule has 1 aliphatic rings. The van der Waals surface area contributed by atoms with E-state index >= 15 is 0 Å². The van der Waals surface area contributed by atoms with Crippen molar-refractivity contribution in [2.45, 2.75) is 39.7 Å². The van der Waals surface area contributed by atoms with E-state index in [0.717, 1.165) is 27.1 Å². The summed E-state index contributed by atoms with van der Waals surface area (Å²) in [6, 6.07) is 5.58. The lowest BCUT2D eigenvalue weighted by atomic mass is 9.94. The highest BCUT2D eigenvalue weighted by molar-refractivity contribution is 7.22. The van der Waals surface area contributed by atoms with Crippen molar-refractivity contribution in [1.29, 1.82) is 0 Å². The zero-order valence-corrected chi connectivity index (χ0v) is 20.3. The van der Waals surface area contributed by atoms with Crippen LogP contribution in [0.25, 0.3) is 10.2 Å². The maximum Gasteiger partial charge on any atom is 0.342 e. The SMILES string of the molecule is COc1ccc2nc(NC(=O)CC/C(C)=C/Cc3c(O)c4c(c(C)c3OC)COC4=O)sc2c1. The lowest BCUT2D eigenvalue weighted by Gasteiger charge is -2.15. The van der Waals surface area contributed by atoms with Gasteiger partial charge in [0.1, 0.15) is 29.4 Å². The molecule has 8 nitrogen and oxygen atoms in total. The number of anilines is 1. The molecule has 34 heavy (non-hydrogen) atoms. The quantitative estimate of drug-likeness (QED) is 0.347. The molecule has 1 amide bonds. The van der Waals surface area contributed by atoms with Gasteiger partial charge in [-0.15, -0.1) is 0 Å². The summed E-state index contributed by atoms with van der Waals surface area (Å²) in [7, 11) is 3.14. The van der Waals surface area contributed by atoms with Crippen LogP contribution >= 0.6 is 11.3 Å². The lowest BCUT2D eigenvalue weighted by Crippen LogP contribution is -2.11. The number of nitrogens with one attached hydrogen (secondary N) is 1. The zero-order chi connectivity index (χ0) is 24.4. The molecule has 2 heterocycles. The first-order valence-corrected chi connectivity index (χ1v) is 11.6. The van der Waals surface area contributed by atoms with Gasteiger partial charge in [-0.2, -0.15) is 0 Å². The van der Waals surface area contributed by atoms with Gasteiger partial charge < -0.3 is 24.6 Å². The zero-order valence-electron chi connectivity index (χ0n) is 19.5. The number of thiazole rings is 1. The molecule has 3 aromatic rings. The number of methoxy groups -OCH3 is 2. The van der Waals surface area contributed by atoms with E-state index in [2.05, 4.69) is 10.3 Å². The van der Waals surface area contributed by atoms with Gasteiger partial charge in [-0.25, -0.2) is 9.78 Å². The third kappa shape index (κ3) is 4.56. The Morgan fingerprint density at radius 2 is 2.09 bits per heavy atom. The fraction of sp³-hybridized carbons (Fsp3) is 0.320. The number of aromatic nitrogens is 1. The number of phenolic OH excluding ortho intramolecular Hbond substituents is 1. The van der Waals surface area contributed by atoms with Crippen molar-refractivity contribution >= 4 is 38.6 Å². The maximum absolute atomic E-state index is 12.4. The molecule has 178 valence electrons. The molecule has 9 heteroatoms. The van der Waals surface area contributed by atoms with Gasteiger partial charge in [0.2, 0.25) is 5.91 Å². The summed E-state index contributed by atoms with van der Waals surface area (Å²) >= 11 is 1.40. The largest absolute Gasteiger partial charge is 0.507 e. The van der Waals surface area contributed by atoms with Crippen molar-refractivity contribution < 1.29 is 28.9 Å². The number of allylic oxidation sites excluding steroid dienone is 2. The first kappa shape index (κ1) is 23.6. The van der Waals surface area contributed by atoms with Crippen molar-refractivity contribution in [3.05, 3.63) is 52.1 Å². The van der Waals surface area contributed by atoms with E-state index in [9.17, 15) is 14.7 Å². The molecule has 2 aromatic carbocycles. The van der Waals surface area contributed by atoms with Crippen molar-refractivity contribution in [3.63, 3.8) is 0 Å². The highest BCUT2D eigenvalue weighted by atomic mass is 32.1. The van der Waals surface area contributed by atoms with Crippen LogP contribution in [0.4, 0.5) is 5.13 Å². The molecule has 0 radical (unpaired) electrons. The van der Waals surface area contributed by atoms with Crippen molar-refractivity contribution in [1.82, 2.24) is 4.98 Å². The van der Waals surface area contributed by atoms with E-state index in [0.29, 0.717) is 41.3 Å². The first-order valence-electron chi connectivity index (χ1n) is 10.8. The highest BCUT2D eigenvalue weighted by Gasteiger charge is 2.31. The Kier molecular flexibility index (Phi) is 6.74. The standard InChI is InChI=1S/C25H26N2O6S/c1-13(5-8-16-22(29)21-17(12-33-24(21)30)14(2)23(16)32-4)6-10-20(28)27-25-26-18-9-7-15(31-3)11-19(18)34-25/h5,7,9,11,29H,6,8,10,12H2,1-4H3,(H,26,27,28)/b13-5+. The Bertz CT molecular complexity index is 1310. The van der Waals surface area contributed by atoms with Crippen LogP contribution < -0.4 is 14.8 Å². The van der Waals surface area contributed by atoms with Crippen LogP contribution in [0, 0.1) is 6.92 Å². The van der Waals surface area contributed by atoms with E-state index in [1.165, 1.54) is 18.4 Å². The van der Waals surface area contributed by atoms with Crippen LogP contribution in [-0.2, 0) is 22.6 Å². The van der Waals surface area contributed by atoms with E-state index < -0.39 is 5.97 Å². The number of ether oxygens (including phenoxy) is 3. The molecule has 4 rings (SSSR count). The van der Waals surface area contributed by atoms with E-state index in [1.54, 1.807) is 7.11 Å². The Hall–Kier alpha value is -3.59. The Morgan fingerprint density at radius 3 is 2.82 bits per heavy atom. The third-order valence-electron chi connectivity index (χ3n) is 5.89. The van der Waals surface area contributed by atoms with Crippen molar-refractivity contribution in [2.24, 2.45) is 0 Å². The summed E-state index contributed by atoms with van der Waals surface area (Å²) in [5, 5.41) is 14.1. The van der Waals surface area contributed by atoms with Gasteiger partial charge in [-0.3, -0.25) is 4.79 Å². The van der Waals surface area contributed by atoms with Crippen molar-refractivity contribution in [3.8, 4) is 17.2 Å². The number of carbonyl (C=O) groups is 2. The molecule has 0 fully saturated rings. The van der Waals surface area contributed by atoms with Gasteiger partial charge >= 0.3 is 5.97 Å². The topological polar surface area (TPSA) is 107 Å². The Morgan fingerprint density at radius 1 is 1.29 bits per heavy atom. The summed E-state index contributed by atoms with van der Waals surface area (Å²) < 4.78 is 16.8. The van der Waals surface area contributed by atoms with E-state index in [4.69, 9.17) is 14.2 Å². The number of benzene rings is 2. The number of cyclic esters (lactones) is 1. The molecule has 0 saturated carbocycles. The monoisotopic (exact) mass is 482 g/mol. The van der Waals surface area contributed by atoms with Gasteiger partial charge in [-0.05, 0) is 50.5 Å². The average Bonchev–Trinajstić information content (AvgIpc) is 3.41. The second-order valence-electron chi connectivity index (χ2n) is 8.07. The number of hydrogen-bond donors (Lipinski definition) is 2. The first-order chi connectivity index (χ1) is 16.3. The van der Waals surface area contributed by atoms with Gasteiger partial charge in [-0.1, -0.05) is 23.0 Å². The maximum atomic E-state index is 12.4. The number of amides is 1. The molecule has 0 unspecified atom stereocenters. The summed E-state index contributed by atoms with van der Waals surface area (Å²) in [5.74, 6) is 0.534. The number of fused-ring (bicyclic) bond motifs is 2. The van der Waals surface area contributed by atoms with Crippen molar-refractivity contribution in [2.75, 3.05) is 19.5 Å². The Balaban J connectivity index is 1.40.